The van der Waals surface area contributed by atoms with Crippen LogP contribution in [0.25, 0.3) is 0 Å². The van der Waals surface area contributed by atoms with E-state index < -0.39 is 0 Å². The molecule has 0 aliphatic carbocycles. The standard InChI is InChI=1S/C16H19ClN2O/c1-4-18-9-13-10-19-6-5-15(13)20-16-11(2)7-14(17)8-12(16)3/h5-8,10,18H,4,9H2,1-3H3. The summed E-state index contributed by atoms with van der Waals surface area (Å²) in [6, 6.07) is 5.71. The van der Waals surface area contributed by atoms with Crippen molar-refractivity contribution in [2.24, 2.45) is 0 Å². The van der Waals surface area contributed by atoms with E-state index in [9.17, 15) is 0 Å². The lowest BCUT2D eigenvalue weighted by molar-refractivity contribution is 0.465. The van der Waals surface area contributed by atoms with Crippen molar-refractivity contribution < 1.29 is 4.74 Å². The van der Waals surface area contributed by atoms with Crippen LogP contribution in [0.3, 0.4) is 0 Å². The molecule has 0 aliphatic rings. The first-order chi connectivity index (χ1) is 9.61. The van der Waals surface area contributed by atoms with E-state index >= 15 is 0 Å². The van der Waals surface area contributed by atoms with Crippen LogP contribution in [-0.4, -0.2) is 11.5 Å². The fourth-order valence-electron chi connectivity index (χ4n) is 2.07. The van der Waals surface area contributed by atoms with Crippen molar-refractivity contribution in [1.29, 1.82) is 0 Å². The molecular formula is C16H19ClN2O. The summed E-state index contributed by atoms with van der Waals surface area (Å²) >= 11 is 6.05. The van der Waals surface area contributed by atoms with Crippen LogP contribution < -0.4 is 10.1 Å². The Kier molecular flexibility index (Phi) is 4.99. The van der Waals surface area contributed by atoms with Gasteiger partial charge in [-0.3, -0.25) is 4.98 Å². The Bertz CT molecular complexity index is 576. The summed E-state index contributed by atoms with van der Waals surface area (Å²) in [5.74, 6) is 1.69. The number of aryl methyl sites for hydroxylation is 2. The van der Waals surface area contributed by atoms with Crippen LogP contribution in [0, 0.1) is 13.8 Å². The predicted octanol–water partition coefficient (Wildman–Crippen LogP) is 4.25. The largest absolute Gasteiger partial charge is 0.456 e. The molecule has 0 fully saturated rings. The van der Waals surface area contributed by atoms with Crippen molar-refractivity contribution in [3.63, 3.8) is 0 Å². The second kappa shape index (κ2) is 6.73. The van der Waals surface area contributed by atoms with Gasteiger partial charge in [0.15, 0.2) is 0 Å². The molecule has 0 aliphatic heterocycles. The third-order valence-corrected chi connectivity index (χ3v) is 3.28. The fourth-order valence-corrected chi connectivity index (χ4v) is 2.40. The van der Waals surface area contributed by atoms with Crippen LogP contribution in [-0.2, 0) is 6.54 Å². The zero-order valence-corrected chi connectivity index (χ0v) is 12.8. The molecule has 4 heteroatoms. The van der Waals surface area contributed by atoms with E-state index in [-0.39, 0.29) is 0 Å². The minimum absolute atomic E-state index is 0.731. The van der Waals surface area contributed by atoms with E-state index in [1.165, 1.54) is 0 Å². The van der Waals surface area contributed by atoms with E-state index in [2.05, 4.69) is 17.2 Å². The summed E-state index contributed by atoms with van der Waals surface area (Å²) in [6.07, 6.45) is 3.57. The van der Waals surface area contributed by atoms with Crippen molar-refractivity contribution >= 4 is 11.6 Å². The lowest BCUT2D eigenvalue weighted by Gasteiger charge is -2.15. The number of rotatable bonds is 5. The minimum atomic E-state index is 0.731. The molecule has 1 aromatic carbocycles. The third kappa shape index (κ3) is 3.50. The molecule has 0 unspecified atom stereocenters. The van der Waals surface area contributed by atoms with Gasteiger partial charge in [0.05, 0.1) is 0 Å². The highest BCUT2D eigenvalue weighted by Gasteiger charge is 2.10. The average molecular weight is 291 g/mol. The molecule has 0 atom stereocenters. The topological polar surface area (TPSA) is 34.2 Å². The predicted molar refractivity (Wildman–Crippen MR) is 82.6 cm³/mol. The van der Waals surface area contributed by atoms with E-state index in [0.29, 0.717) is 0 Å². The molecule has 0 bridgehead atoms. The first kappa shape index (κ1) is 14.8. The van der Waals surface area contributed by atoms with Gasteiger partial charge in [-0.1, -0.05) is 18.5 Å². The second-order valence-electron chi connectivity index (χ2n) is 4.73. The maximum atomic E-state index is 6.08. The number of halogens is 1. The van der Waals surface area contributed by atoms with Crippen molar-refractivity contribution in [3.05, 3.63) is 52.3 Å². The van der Waals surface area contributed by atoms with Gasteiger partial charge in [0.2, 0.25) is 0 Å². The summed E-state index contributed by atoms with van der Waals surface area (Å²) < 4.78 is 6.08. The Morgan fingerprint density at radius 2 is 1.95 bits per heavy atom. The fraction of sp³-hybridized carbons (Fsp3) is 0.312. The van der Waals surface area contributed by atoms with Crippen molar-refractivity contribution in [3.8, 4) is 11.5 Å². The SMILES string of the molecule is CCNCc1cnccc1Oc1c(C)cc(Cl)cc1C. The van der Waals surface area contributed by atoms with Gasteiger partial charge in [0.25, 0.3) is 0 Å². The van der Waals surface area contributed by atoms with Crippen molar-refractivity contribution in [1.82, 2.24) is 10.3 Å². The summed E-state index contributed by atoms with van der Waals surface area (Å²) in [4.78, 5) is 4.16. The molecule has 20 heavy (non-hydrogen) atoms. The Balaban J connectivity index is 2.30. The van der Waals surface area contributed by atoms with Gasteiger partial charge in [-0.05, 0) is 49.7 Å². The van der Waals surface area contributed by atoms with E-state index in [4.69, 9.17) is 16.3 Å². The summed E-state index contributed by atoms with van der Waals surface area (Å²) in [6.45, 7) is 7.72. The molecule has 0 saturated carbocycles. The van der Waals surface area contributed by atoms with Crippen molar-refractivity contribution in [2.45, 2.75) is 27.3 Å². The van der Waals surface area contributed by atoms with Gasteiger partial charge in [-0.25, -0.2) is 0 Å². The minimum Gasteiger partial charge on any atom is -0.456 e. The molecule has 3 nitrogen and oxygen atoms in total. The van der Waals surface area contributed by atoms with Gasteiger partial charge < -0.3 is 10.1 Å². The first-order valence-corrected chi connectivity index (χ1v) is 7.07. The maximum Gasteiger partial charge on any atom is 0.135 e. The van der Waals surface area contributed by atoms with Gasteiger partial charge in [0.1, 0.15) is 11.5 Å². The van der Waals surface area contributed by atoms with E-state index in [1.54, 1.807) is 6.20 Å². The van der Waals surface area contributed by atoms with Crippen LogP contribution in [0.5, 0.6) is 11.5 Å². The van der Waals surface area contributed by atoms with E-state index in [0.717, 1.165) is 46.3 Å². The smallest absolute Gasteiger partial charge is 0.135 e. The molecule has 0 saturated heterocycles. The van der Waals surface area contributed by atoms with Crippen LogP contribution in [0.2, 0.25) is 5.02 Å². The second-order valence-corrected chi connectivity index (χ2v) is 5.17. The molecule has 0 amide bonds. The van der Waals surface area contributed by atoms with Gasteiger partial charge in [-0.2, -0.15) is 0 Å². The Hall–Kier alpha value is -1.58. The summed E-state index contributed by atoms with van der Waals surface area (Å²) in [5, 5.41) is 4.02. The highest BCUT2D eigenvalue weighted by Crippen LogP contribution is 2.32. The maximum absolute atomic E-state index is 6.08. The number of ether oxygens (including phenoxy) is 1. The first-order valence-electron chi connectivity index (χ1n) is 6.70. The molecule has 1 N–H and O–H groups in total. The highest BCUT2D eigenvalue weighted by atomic mass is 35.5. The Morgan fingerprint density at radius 3 is 2.60 bits per heavy atom. The highest BCUT2D eigenvalue weighted by molar-refractivity contribution is 6.30. The summed E-state index contributed by atoms with van der Waals surface area (Å²) in [7, 11) is 0. The number of pyridine rings is 1. The molecule has 106 valence electrons. The monoisotopic (exact) mass is 290 g/mol. The number of benzene rings is 1. The third-order valence-electron chi connectivity index (χ3n) is 3.06. The number of hydrogen-bond donors (Lipinski definition) is 1. The number of nitrogens with zero attached hydrogens (tertiary/aromatic N) is 1. The van der Waals surface area contributed by atoms with Crippen LogP contribution >= 0.6 is 11.6 Å². The molecular weight excluding hydrogens is 272 g/mol. The lowest BCUT2D eigenvalue weighted by Crippen LogP contribution is -2.12. The molecule has 0 radical (unpaired) electrons. The van der Waals surface area contributed by atoms with Gasteiger partial charge >= 0.3 is 0 Å². The molecule has 1 aromatic heterocycles. The zero-order chi connectivity index (χ0) is 14.5. The lowest BCUT2D eigenvalue weighted by atomic mass is 10.1. The number of nitrogens with one attached hydrogen (secondary N) is 1. The van der Waals surface area contributed by atoms with Crippen molar-refractivity contribution in [2.75, 3.05) is 6.54 Å². The van der Waals surface area contributed by atoms with Crippen LogP contribution in [0.15, 0.2) is 30.6 Å². The van der Waals surface area contributed by atoms with Crippen LogP contribution in [0.1, 0.15) is 23.6 Å². The molecule has 2 aromatic rings. The van der Waals surface area contributed by atoms with E-state index in [1.807, 2.05) is 38.2 Å². The number of aromatic nitrogens is 1. The zero-order valence-electron chi connectivity index (χ0n) is 12.0. The summed E-state index contributed by atoms with van der Waals surface area (Å²) in [5.41, 5.74) is 3.10. The molecule has 2 rings (SSSR count). The Morgan fingerprint density at radius 1 is 1.25 bits per heavy atom. The normalized spacial score (nSPS) is 10.6. The number of hydrogen-bond acceptors (Lipinski definition) is 3. The molecule has 1 heterocycles. The quantitative estimate of drug-likeness (QED) is 0.894. The average Bonchev–Trinajstić information content (AvgIpc) is 2.41. The van der Waals surface area contributed by atoms with Gasteiger partial charge in [0, 0.05) is 29.5 Å². The Labute approximate surface area is 124 Å². The van der Waals surface area contributed by atoms with Gasteiger partial charge in [-0.15, -0.1) is 0 Å². The molecule has 0 spiro atoms. The van der Waals surface area contributed by atoms with Crippen LogP contribution in [0.4, 0.5) is 0 Å².